The number of unbranched alkanes of at least 4 members (excludes halogenated alkanes) is 1. The van der Waals surface area contributed by atoms with Gasteiger partial charge in [-0.1, -0.05) is 38.5 Å². The second-order valence-electron chi connectivity index (χ2n) is 7.66. The van der Waals surface area contributed by atoms with Gasteiger partial charge in [0.25, 0.3) is 11.8 Å². The third kappa shape index (κ3) is 6.23. The lowest BCUT2D eigenvalue weighted by molar-refractivity contribution is 0.0952. The fraction of sp³-hybridized carbons (Fsp3) is 0.308. The fourth-order valence-corrected chi connectivity index (χ4v) is 3.42. The summed E-state index contributed by atoms with van der Waals surface area (Å²) in [6.07, 6.45) is 4.53. The number of amides is 2. The molecule has 2 amide bonds. The maximum atomic E-state index is 13.0. The molecule has 2 N–H and O–H groups in total. The molecular formula is C26H31N3O3. The largest absolute Gasteiger partial charge is 0.467 e. The van der Waals surface area contributed by atoms with Crippen molar-refractivity contribution in [1.29, 1.82) is 0 Å². The lowest BCUT2D eigenvalue weighted by atomic mass is 10.1. The Morgan fingerprint density at radius 1 is 0.938 bits per heavy atom. The van der Waals surface area contributed by atoms with Crippen molar-refractivity contribution in [3.05, 3.63) is 83.8 Å². The highest BCUT2D eigenvalue weighted by molar-refractivity contribution is 6.06. The molecule has 1 heterocycles. The first kappa shape index (κ1) is 23.1. The fourth-order valence-electron chi connectivity index (χ4n) is 3.42. The molecule has 3 rings (SSSR count). The maximum Gasteiger partial charge on any atom is 0.255 e. The number of carbonyl (C=O) groups is 2. The van der Waals surface area contributed by atoms with Gasteiger partial charge >= 0.3 is 0 Å². The van der Waals surface area contributed by atoms with Crippen LogP contribution in [-0.2, 0) is 6.54 Å². The molecule has 168 valence electrons. The van der Waals surface area contributed by atoms with Gasteiger partial charge in [-0.25, -0.2) is 0 Å². The van der Waals surface area contributed by atoms with Gasteiger partial charge in [0.2, 0.25) is 0 Å². The highest BCUT2D eigenvalue weighted by atomic mass is 16.3. The summed E-state index contributed by atoms with van der Waals surface area (Å²) >= 11 is 0. The second-order valence-corrected chi connectivity index (χ2v) is 7.66. The Kier molecular flexibility index (Phi) is 8.49. The summed E-state index contributed by atoms with van der Waals surface area (Å²) in [4.78, 5) is 27.8. The Hall–Kier alpha value is -3.54. The number of furan rings is 1. The SMILES string of the molecule is CCCCN(Cc1ccco1)c1ccc(NC(=O)c2ccccc2)cc1C(=O)NCCC. The quantitative estimate of drug-likeness (QED) is 0.420. The second kappa shape index (κ2) is 11.7. The summed E-state index contributed by atoms with van der Waals surface area (Å²) in [7, 11) is 0. The summed E-state index contributed by atoms with van der Waals surface area (Å²) in [6, 6.07) is 18.3. The predicted molar refractivity (Wildman–Crippen MR) is 128 cm³/mol. The number of benzene rings is 2. The van der Waals surface area contributed by atoms with E-state index in [0.29, 0.717) is 29.9 Å². The van der Waals surface area contributed by atoms with Gasteiger partial charge in [-0.05, 0) is 55.3 Å². The lowest BCUT2D eigenvalue weighted by Gasteiger charge is -2.26. The molecule has 0 unspecified atom stereocenters. The van der Waals surface area contributed by atoms with Crippen LogP contribution in [0.4, 0.5) is 11.4 Å². The van der Waals surface area contributed by atoms with Crippen LogP contribution in [-0.4, -0.2) is 24.9 Å². The first-order chi connectivity index (χ1) is 15.6. The van der Waals surface area contributed by atoms with E-state index in [1.807, 2.05) is 49.4 Å². The smallest absolute Gasteiger partial charge is 0.255 e. The molecule has 0 bridgehead atoms. The molecule has 0 fully saturated rings. The van der Waals surface area contributed by atoms with Crippen molar-refractivity contribution in [2.45, 2.75) is 39.7 Å². The van der Waals surface area contributed by atoms with Gasteiger partial charge in [0.15, 0.2) is 0 Å². The van der Waals surface area contributed by atoms with Gasteiger partial charge in [0.05, 0.1) is 24.1 Å². The van der Waals surface area contributed by atoms with E-state index in [0.717, 1.165) is 37.3 Å². The van der Waals surface area contributed by atoms with Crippen molar-refractivity contribution < 1.29 is 14.0 Å². The third-order valence-electron chi connectivity index (χ3n) is 5.12. The van der Waals surface area contributed by atoms with Crippen LogP contribution in [0.2, 0.25) is 0 Å². The average Bonchev–Trinajstić information content (AvgIpc) is 3.34. The average molecular weight is 434 g/mol. The molecule has 0 aliphatic heterocycles. The van der Waals surface area contributed by atoms with Crippen molar-refractivity contribution in [1.82, 2.24) is 5.32 Å². The first-order valence-electron chi connectivity index (χ1n) is 11.2. The maximum absolute atomic E-state index is 13.0. The summed E-state index contributed by atoms with van der Waals surface area (Å²) in [6.45, 7) is 6.11. The number of rotatable bonds is 11. The van der Waals surface area contributed by atoms with Gasteiger partial charge in [0, 0.05) is 24.3 Å². The monoisotopic (exact) mass is 433 g/mol. The van der Waals surface area contributed by atoms with Gasteiger partial charge < -0.3 is 20.0 Å². The molecule has 0 radical (unpaired) electrons. The molecule has 3 aromatic rings. The molecule has 0 atom stereocenters. The van der Waals surface area contributed by atoms with Crippen LogP contribution < -0.4 is 15.5 Å². The molecule has 0 aliphatic rings. The molecular weight excluding hydrogens is 402 g/mol. The van der Waals surface area contributed by atoms with Crippen LogP contribution in [0.25, 0.3) is 0 Å². The number of anilines is 2. The van der Waals surface area contributed by atoms with Gasteiger partial charge in [-0.3, -0.25) is 9.59 Å². The lowest BCUT2D eigenvalue weighted by Crippen LogP contribution is -2.30. The normalized spacial score (nSPS) is 10.6. The predicted octanol–water partition coefficient (Wildman–Crippen LogP) is 5.48. The van der Waals surface area contributed by atoms with Crippen LogP contribution >= 0.6 is 0 Å². The Morgan fingerprint density at radius 3 is 2.44 bits per heavy atom. The molecule has 0 spiro atoms. The van der Waals surface area contributed by atoms with E-state index in [1.165, 1.54) is 0 Å². The molecule has 6 heteroatoms. The number of hydrogen-bond donors (Lipinski definition) is 2. The van der Waals surface area contributed by atoms with E-state index < -0.39 is 0 Å². The van der Waals surface area contributed by atoms with E-state index in [1.54, 1.807) is 24.5 Å². The van der Waals surface area contributed by atoms with Crippen molar-refractivity contribution >= 4 is 23.2 Å². The number of nitrogens with zero attached hydrogens (tertiary/aromatic N) is 1. The van der Waals surface area contributed by atoms with E-state index in [-0.39, 0.29) is 11.8 Å². The molecule has 0 aliphatic carbocycles. The van der Waals surface area contributed by atoms with E-state index in [4.69, 9.17) is 4.42 Å². The van der Waals surface area contributed by atoms with Crippen LogP contribution in [0.5, 0.6) is 0 Å². The first-order valence-corrected chi connectivity index (χ1v) is 11.2. The summed E-state index contributed by atoms with van der Waals surface area (Å²) < 4.78 is 5.56. The minimum Gasteiger partial charge on any atom is -0.467 e. The van der Waals surface area contributed by atoms with E-state index in [9.17, 15) is 9.59 Å². The number of hydrogen-bond acceptors (Lipinski definition) is 4. The Labute approximate surface area is 189 Å². The van der Waals surface area contributed by atoms with Crippen LogP contribution in [0, 0.1) is 0 Å². The van der Waals surface area contributed by atoms with Crippen molar-refractivity contribution in [3.63, 3.8) is 0 Å². The zero-order valence-corrected chi connectivity index (χ0v) is 18.8. The zero-order chi connectivity index (χ0) is 22.8. The molecule has 2 aromatic carbocycles. The highest BCUT2D eigenvalue weighted by Crippen LogP contribution is 2.27. The Balaban J connectivity index is 1.92. The minimum absolute atomic E-state index is 0.154. The standard InChI is InChI=1S/C26H31N3O3/c1-3-5-16-29(19-22-12-9-17-32-22)24-14-13-21(18-23(24)26(31)27-15-4-2)28-25(30)20-10-7-6-8-11-20/h6-14,17-18H,3-5,15-16,19H2,1-2H3,(H,27,31)(H,28,30). The van der Waals surface area contributed by atoms with Crippen molar-refractivity contribution in [3.8, 4) is 0 Å². The van der Waals surface area contributed by atoms with Gasteiger partial charge in [0.1, 0.15) is 5.76 Å². The van der Waals surface area contributed by atoms with Gasteiger partial charge in [-0.15, -0.1) is 0 Å². The number of nitrogens with one attached hydrogen (secondary N) is 2. The van der Waals surface area contributed by atoms with Crippen molar-refractivity contribution in [2.75, 3.05) is 23.3 Å². The third-order valence-corrected chi connectivity index (χ3v) is 5.12. The van der Waals surface area contributed by atoms with Gasteiger partial charge in [-0.2, -0.15) is 0 Å². The van der Waals surface area contributed by atoms with E-state index in [2.05, 4.69) is 22.5 Å². The Morgan fingerprint density at radius 2 is 1.75 bits per heavy atom. The molecule has 6 nitrogen and oxygen atoms in total. The molecule has 0 saturated carbocycles. The molecule has 1 aromatic heterocycles. The molecule has 32 heavy (non-hydrogen) atoms. The number of carbonyl (C=O) groups excluding carboxylic acids is 2. The van der Waals surface area contributed by atoms with Crippen LogP contribution in [0.3, 0.4) is 0 Å². The zero-order valence-electron chi connectivity index (χ0n) is 18.8. The highest BCUT2D eigenvalue weighted by Gasteiger charge is 2.19. The van der Waals surface area contributed by atoms with Crippen LogP contribution in [0.1, 0.15) is 59.6 Å². The Bertz CT molecular complexity index is 1000. The summed E-state index contributed by atoms with van der Waals surface area (Å²) in [5, 5.41) is 5.88. The minimum atomic E-state index is -0.211. The summed E-state index contributed by atoms with van der Waals surface area (Å²) in [5.74, 6) is 0.470. The molecule has 0 saturated heterocycles. The van der Waals surface area contributed by atoms with Crippen molar-refractivity contribution in [2.24, 2.45) is 0 Å². The van der Waals surface area contributed by atoms with Crippen LogP contribution in [0.15, 0.2) is 71.3 Å². The summed E-state index contributed by atoms with van der Waals surface area (Å²) in [5.41, 5.74) is 2.50. The topological polar surface area (TPSA) is 74.6 Å². The van der Waals surface area contributed by atoms with E-state index >= 15 is 0 Å².